The van der Waals surface area contributed by atoms with Crippen molar-refractivity contribution < 1.29 is 40.9 Å². The second-order valence-corrected chi connectivity index (χ2v) is 5.56. The smallest absolute Gasteiger partial charge is 0.406 e. The van der Waals surface area contributed by atoms with Crippen LogP contribution in [0.15, 0.2) is 18.2 Å². The number of halogens is 6. The highest BCUT2D eigenvalue weighted by Crippen LogP contribution is 2.41. The summed E-state index contributed by atoms with van der Waals surface area (Å²) < 4.78 is 80.8. The van der Waals surface area contributed by atoms with E-state index in [0.717, 1.165) is 12.1 Å². The molecule has 3 nitrogen and oxygen atoms in total. The molecule has 1 N–H and O–H groups in total. The van der Waals surface area contributed by atoms with Crippen molar-refractivity contribution in [2.24, 2.45) is 5.41 Å². The van der Waals surface area contributed by atoms with E-state index in [-0.39, 0.29) is 5.56 Å². The van der Waals surface area contributed by atoms with Crippen LogP contribution in [0, 0.1) is 5.41 Å². The number of hydrogen-bond acceptors (Lipinski definition) is 3. The predicted octanol–water partition coefficient (Wildman–Crippen LogP) is 4.56. The van der Waals surface area contributed by atoms with Crippen molar-refractivity contribution in [2.75, 3.05) is 0 Å². The van der Waals surface area contributed by atoms with E-state index in [1.54, 1.807) is 20.8 Å². The fraction of sp³-hybridized carbons (Fsp3) is 0.538. The molecule has 0 radical (unpaired) electrons. The van der Waals surface area contributed by atoms with Gasteiger partial charge in [-0.2, -0.15) is 0 Å². The van der Waals surface area contributed by atoms with Gasteiger partial charge >= 0.3 is 12.7 Å². The minimum Gasteiger partial charge on any atom is -0.406 e. The normalized spacial score (nSPS) is 14.6. The Bertz CT molecular complexity index is 516. The number of aliphatic hydroxyl groups is 1. The fourth-order valence-corrected chi connectivity index (χ4v) is 1.62. The molecule has 0 fully saturated rings. The van der Waals surface area contributed by atoms with Gasteiger partial charge in [-0.3, -0.25) is 0 Å². The van der Waals surface area contributed by atoms with Gasteiger partial charge in [-0.25, -0.2) is 0 Å². The summed E-state index contributed by atoms with van der Waals surface area (Å²) in [5, 5.41) is 10.0. The fourth-order valence-electron chi connectivity index (χ4n) is 1.62. The number of rotatable bonds is 3. The highest BCUT2D eigenvalue weighted by molar-refractivity contribution is 5.42. The Balaban J connectivity index is 3.27. The van der Waals surface area contributed by atoms with Crippen molar-refractivity contribution in [2.45, 2.75) is 39.6 Å². The van der Waals surface area contributed by atoms with Crippen molar-refractivity contribution in [3.05, 3.63) is 23.8 Å². The molecule has 0 saturated carbocycles. The number of ether oxygens (including phenoxy) is 2. The Morgan fingerprint density at radius 1 is 0.909 bits per heavy atom. The molecular weight excluding hydrogens is 318 g/mol. The predicted molar refractivity (Wildman–Crippen MR) is 64.2 cm³/mol. The molecule has 0 bridgehead atoms. The first-order valence-corrected chi connectivity index (χ1v) is 6.02. The topological polar surface area (TPSA) is 38.7 Å². The summed E-state index contributed by atoms with van der Waals surface area (Å²) in [5.74, 6) is -1.83. The van der Waals surface area contributed by atoms with E-state index in [2.05, 4.69) is 9.47 Å². The largest absolute Gasteiger partial charge is 0.573 e. The highest BCUT2D eigenvalue weighted by Gasteiger charge is 2.36. The average molecular weight is 332 g/mol. The Morgan fingerprint density at radius 3 is 1.82 bits per heavy atom. The van der Waals surface area contributed by atoms with E-state index in [4.69, 9.17) is 0 Å². The maximum Gasteiger partial charge on any atom is 0.573 e. The van der Waals surface area contributed by atoms with E-state index >= 15 is 0 Å². The van der Waals surface area contributed by atoms with Gasteiger partial charge in [0.15, 0.2) is 0 Å². The van der Waals surface area contributed by atoms with Gasteiger partial charge in [-0.15, -0.1) is 26.3 Å². The van der Waals surface area contributed by atoms with Gasteiger partial charge < -0.3 is 14.6 Å². The summed E-state index contributed by atoms with van der Waals surface area (Å²) in [4.78, 5) is 0. The summed E-state index contributed by atoms with van der Waals surface area (Å²) in [7, 11) is 0. The zero-order valence-corrected chi connectivity index (χ0v) is 11.8. The first-order chi connectivity index (χ1) is 9.69. The van der Waals surface area contributed by atoms with Crippen LogP contribution in [0.4, 0.5) is 26.3 Å². The van der Waals surface area contributed by atoms with Gasteiger partial charge in [-0.1, -0.05) is 20.8 Å². The van der Waals surface area contributed by atoms with Crippen LogP contribution in [0.25, 0.3) is 0 Å². The molecule has 126 valence electrons. The number of hydrogen-bond donors (Lipinski definition) is 1. The van der Waals surface area contributed by atoms with Crippen molar-refractivity contribution in [3.8, 4) is 11.5 Å². The molecule has 0 aliphatic carbocycles. The third-order valence-corrected chi connectivity index (χ3v) is 2.56. The summed E-state index contributed by atoms with van der Waals surface area (Å²) in [6.45, 7) is 4.65. The van der Waals surface area contributed by atoms with Crippen LogP contribution in [-0.2, 0) is 0 Å². The van der Waals surface area contributed by atoms with Gasteiger partial charge in [0.2, 0.25) is 0 Å². The SMILES string of the molecule is CC(C)(C)C(O)c1ccc(OC(F)(F)F)cc1OC(F)(F)F. The molecule has 1 atom stereocenters. The van der Waals surface area contributed by atoms with Crippen LogP contribution in [0.2, 0.25) is 0 Å². The Kier molecular flexibility index (Phi) is 4.91. The average Bonchev–Trinajstić information content (AvgIpc) is 2.22. The van der Waals surface area contributed by atoms with Crippen molar-refractivity contribution in [1.29, 1.82) is 0 Å². The van der Waals surface area contributed by atoms with E-state index in [1.165, 1.54) is 0 Å². The van der Waals surface area contributed by atoms with Gasteiger partial charge in [-0.05, 0) is 17.5 Å². The van der Waals surface area contributed by atoms with Crippen LogP contribution in [0.3, 0.4) is 0 Å². The van der Waals surface area contributed by atoms with Crippen LogP contribution in [-0.4, -0.2) is 17.8 Å². The molecule has 0 aromatic heterocycles. The molecule has 1 aromatic carbocycles. The molecule has 0 aliphatic rings. The Hall–Kier alpha value is -1.64. The third kappa shape index (κ3) is 5.63. The number of benzene rings is 1. The lowest BCUT2D eigenvalue weighted by atomic mass is 9.84. The highest BCUT2D eigenvalue weighted by atomic mass is 19.4. The Morgan fingerprint density at radius 2 is 1.41 bits per heavy atom. The lowest BCUT2D eigenvalue weighted by Crippen LogP contribution is -2.23. The van der Waals surface area contributed by atoms with E-state index in [0.29, 0.717) is 6.07 Å². The lowest BCUT2D eigenvalue weighted by molar-refractivity contribution is -0.276. The summed E-state index contributed by atoms with van der Waals surface area (Å²) in [6, 6.07) is 2.14. The zero-order chi connectivity index (χ0) is 17.3. The zero-order valence-electron chi connectivity index (χ0n) is 11.8. The van der Waals surface area contributed by atoms with Gasteiger partial charge in [0.05, 0.1) is 6.10 Å². The first kappa shape index (κ1) is 18.4. The van der Waals surface area contributed by atoms with E-state index < -0.39 is 35.7 Å². The van der Waals surface area contributed by atoms with Gasteiger partial charge in [0.1, 0.15) is 11.5 Å². The van der Waals surface area contributed by atoms with Crippen LogP contribution in [0.1, 0.15) is 32.4 Å². The Labute approximate surface area is 122 Å². The lowest BCUT2D eigenvalue weighted by Gasteiger charge is -2.28. The number of aliphatic hydroxyl groups excluding tert-OH is 1. The summed E-state index contributed by atoms with van der Waals surface area (Å²) >= 11 is 0. The molecule has 1 unspecified atom stereocenters. The molecule has 1 rings (SSSR count). The van der Waals surface area contributed by atoms with Crippen molar-refractivity contribution in [3.63, 3.8) is 0 Å². The summed E-state index contributed by atoms with van der Waals surface area (Å²) in [6.07, 6.45) is -11.6. The van der Waals surface area contributed by atoms with Gasteiger partial charge in [0.25, 0.3) is 0 Å². The minimum atomic E-state index is -5.12. The number of alkyl halides is 6. The van der Waals surface area contributed by atoms with Gasteiger partial charge in [0, 0.05) is 11.6 Å². The molecular formula is C13H14F6O3. The second kappa shape index (κ2) is 5.86. The monoisotopic (exact) mass is 332 g/mol. The van der Waals surface area contributed by atoms with Crippen molar-refractivity contribution >= 4 is 0 Å². The van der Waals surface area contributed by atoms with Crippen LogP contribution < -0.4 is 9.47 Å². The molecule has 22 heavy (non-hydrogen) atoms. The molecule has 0 saturated heterocycles. The molecule has 0 amide bonds. The molecule has 0 heterocycles. The minimum absolute atomic E-state index is 0.292. The molecule has 0 aliphatic heterocycles. The standard InChI is InChI=1S/C13H14F6O3/c1-11(2,3)10(20)8-5-4-7(21-12(14,15)16)6-9(8)22-13(17,18)19/h4-6,10,20H,1-3H3. The second-order valence-electron chi connectivity index (χ2n) is 5.56. The van der Waals surface area contributed by atoms with E-state index in [9.17, 15) is 31.4 Å². The summed E-state index contributed by atoms with van der Waals surface area (Å²) in [5.41, 5.74) is -1.14. The maximum atomic E-state index is 12.4. The van der Waals surface area contributed by atoms with Crippen LogP contribution in [0.5, 0.6) is 11.5 Å². The maximum absolute atomic E-state index is 12.4. The first-order valence-electron chi connectivity index (χ1n) is 6.02. The van der Waals surface area contributed by atoms with Crippen molar-refractivity contribution in [1.82, 2.24) is 0 Å². The molecule has 1 aromatic rings. The van der Waals surface area contributed by atoms with E-state index in [1.807, 2.05) is 0 Å². The molecule has 9 heteroatoms. The quantitative estimate of drug-likeness (QED) is 0.825. The molecule has 0 spiro atoms. The third-order valence-electron chi connectivity index (χ3n) is 2.56. The van der Waals surface area contributed by atoms with Crippen LogP contribution >= 0.6 is 0 Å².